The summed E-state index contributed by atoms with van der Waals surface area (Å²) in [6, 6.07) is 2.61. The lowest BCUT2D eigenvalue weighted by Crippen LogP contribution is -2.48. The van der Waals surface area contributed by atoms with Gasteiger partial charge in [0.05, 0.1) is 0 Å². The first-order valence-corrected chi connectivity index (χ1v) is 9.12. The largest absolute Gasteiger partial charge is 0.413 e. The van der Waals surface area contributed by atoms with Gasteiger partial charge in [-0.15, -0.1) is 0 Å². The number of carbonyl (C=O) groups is 2. The van der Waals surface area contributed by atoms with E-state index in [0.29, 0.717) is 19.5 Å². The summed E-state index contributed by atoms with van der Waals surface area (Å²) in [5, 5.41) is 2.46. The van der Waals surface area contributed by atoms with Crippen molar-refractivity contribution in [1.82, 2.24) is 10.2 Å². The van der Waals surface area contributed by atoms with E-state index in [1.807, 2.05) is 6.26 Å². The monoisotopic (exact) mass is 358 g/mol. The predicted octanol–water partition coefficient (Wildman–Crippen LogP) is 2.80. The fraction of sp³-hybridized carbons (Fsp3) is 0.500. The van der Waals surface area contributed by atoms with Crippen molar-refractivity contribution in [3.63, 3.8) is 0 Å². The minimum atomic E-state index is -1.23. The van der Waals surface area contributed by atoms with Crippen LogP contribution < -0.4 is 10.1 Å². The Labute approximate surface area is 143 Å². The fourth-order valence-electron chi connectivity index (χ4n) is 2.50. The molecule has 0 bridgehead atoms. The molecule has 1 aromatic rings. The van der Waals surface area contributed by atoms with E-state index in [1.54, 1.807) is 16.7 Å². The lowest BCUT2D eigenvalue weighted by Gasteiger charge is -2.24. The second-order valence-electron chi connectivity index (χ2n) is 5.45. The molecule has 1 N–H and O–H groups in total. The molecule has 8 heteroatoms. The van der Waals surface area contributed by atoms with Crippen LogP contribution in [-0.4, -0.2) is 48.0 Å². The van der Waals surface area contributed by atoms with E-state index in [1.165, 1.54) is 6.07 Å². The third-order valence-electron chi connectivity index (χ3n) is 3.76. The average Bonchev–Trinajstić information content (AvgIpc) is 2.72. The highest BCUT2D eigenvalue weighted by Gasteiger charge is 2.28. The zero-order valence-electron chi connectivity index (χ0n) is 13.4. The number of benzene rings is 1. The first-order valence-electron chi connectivity index (χ1n) is 7.73. The molecule has 1 fully saturated rings. The van der Waals surface area contributed by atoms with Crippen molar-refractivity contribution in [2.45, 2.75) is 25.3 Å². The number of nitrogens with one attached hydrogen (secondary N) is 1. The molecule has 5 nitrogen and oxygen atoms in total. The smallest absolute Gasteiger partial charge is 0.407 e. The van der Waals surface area contributed by atoms with E-state index >= 15 is 0 Å². The van der Waals surface area contributed by atoms with Crippen molar-refractivity contribution in [3.05, 3.63) is 29.8 Å². The van der Waals surface area contributed by atoms with Crippen LogP contribution in [0.25, 0.3) is 0 Å². The van der Waals surface area contributed by atoms with Gasteiger partial charge >= 0.3 is 6.09 Å². The van der Waals surface area contributed by atoms with Gasteiger partial charge in [0.2, 0.25) is 11.7 Å². The molecule has 2 rings (SSSR count). The normalized spacial score (nSPS) is 18.2. The zero-order valence-corrected chi connectivity index (χ0v) is 14.2. The number of hydrogen-bond donors (Lipinski definition) is 1. The molecule has 1 unspecified atom stereocenters. The minimum Gasteiger partial charge on any atom is -0.407 e. The molecular formula is C16H20F2N2O3S. The number of carbonyl (C=O) groups excluding carboxylic acids is 2. The molecule has 1 saturated heterocycles. The summed E-state index contributed by atoms with van der Waals surface area (Å²) < 4.78 is 31.4. The molecule has 0 aliphatic carbocycles. The lowest BCUT2D eigenvalue weighted by molar-refractivity contribution is -0.132. The first kappa shape index (κ1) is 18.5. The van der Waals surface area contributed by atoms with Crippen LogP contribution in [-0.2, 0) is 4.79 Å². The maximum atomic E-state index is 13.5. The van der Waals surface area contributed by atoms with Gasteiger partial charge in [-0.3, -0.25) is 4.79 Å². The fourth-order valence-corrected chi connectivity index (χ4v) is 2.90. The highest BCUT2D eigenvalue weighted by Crippen LogP contribution is 2.19. The van der Waals surface area contributed by atoms with Crippen LogP contribution >= 0.6 is 11.8 Å². The molecule has 0 radical (unpaired) electrons. The molecule has 1 aliphatic rings. The Balaban J connectivity index is 1.98. The number of rotatable bonds is 5. The number of halogens is 2. The van der Waals surface area contributed by atoms with Crippen LogP contribution in [0.2, 0.25) is 0 Å². The highest BCUT2D eigenvalue weighted by atomic mass is 32.2. The van der Waals surface area contributed by atoms with Gasteiger partial charge in [-0.05, 0) is 37.7 Å². The van der Waals surface area contributed by atoms with E-state index in [2.05, 4.69) is 5.32 Å². The summed E-state index contributed by atoms with van der Waals surface area (Å²) in [5.41, 5.74) is 0. The molecule has 1 atom stereocenters. The second kappa shape index (κ2) is 8.86. The van der Waals surface area contributed by atoms with Crippen molar-refractivity contribution in [2.75, 3.05) is 25.1 Å². The van der Waals surface area contributed by atoms with Gasteiger partial charge in [-0.1, -0.05) is 6.07 Å². The van der Waals surface area contributed by atoms with Gasteiger partial charge in [0.15, 0.2) is 11.6 Å². The molecule has 2 amide bonds. The number of likely N-dealkylation sites (tertiary alicyclic amines) is 1. The molecule has 1 aromatic carbocycles. The van der Waals surface area contributed by atoms with Crippen molar-refractivity contribution >= 4 is 23.8 Å². The molecule has 24 heavy (non-hydrogen) atoms. The first-order chi connectivity index (χ1) is 11.5. The summed E-state index contributed by atoms with van der Waals surface area (Å²) in [6.07, 6.45) is 3.15. The van der Waals surface area contributed by atoms with Gasteiger partial charge in [-0.25, -0.2) is 9.18 Å². The third kappa shape index (κ3) is 4.83. The quantitative estimate of drug-likeness (QED) is 0.879. The van der Waals surface area contributed by atoms with Crippen molar-refractivity contribution in [1.29, 1.82) is 0 Å². The maximum absolute atomic E-state index is 13.5. The molecule has 0 saturated carbocycles. The summed E-state index contributed by atoms with van der Waals surface area (Å²) >= 11 is 1.64. The highest BCUT2D eigenvalue weighted by molar-refractivity contribution is 7.98. The Morgan fingerprint density at radius 1 is 1.42 bits per heavy atom. The van der Waals surface area contributed by atoms with E-state index in [4.69, 9.17) is 4.74 Å². The Kier molecular flexibility index (Phi) is 6.84. The van der Waals surface area contributed by atoms with Crippen LogP contribution in [0.3, 0.4) is 0 Å². The summed E-state index contributed by atoms with van der Waals surface area (Å²) in [4.78, 5) is 26.1. The van der Waals surface area contributed by atoms with E-state index in [9.17, 15) is 18.4 Å². The molecule has 1 aliphatic heterocycles. The van der Waals surface area contributed by atoms with Crippen LogP contribution in [0.1, 0.15) is 19.3 Å². The van der Waals surface area contributed by atoms with E-state index in [0.717, 1.165) is 30.7 Å². The van der Waals surface area contributed by atoms with Gasteiger partial charge in [0.25, 0.3) is 0 Å². The van der Waals surface area contributed by atoms with Crippen molar-refractivity contribution in [3.8, 4) is 5.75 Å². The summed E-state index contributed by atoms with van der Waals surface area (Å²) in [7, 11) is 0. The Bertz CT molecular complexity index is 601. The predicted molar refractivity (Wildman–Crippen MR) is 88.1 cm³/mol. The standard InChI is InChI=1S/C16H20F2N2O3S/c1-24-10-9-20-8-3-2-6-12(15(20)21)19-16(22)23-13-7-4-5-11(17)14(13)18/h4-5,7,12H,2-3,6,8-10H2,1H3,(H,19,22). The topological polar surface area (TPSA) is 58.6 Å². The maximum Gasteiger partial charge on any atom is 0.413 e. The SMILES string of the molecule is CSCCN1CCCCC(NC(=O)Oc2cccc(F)c2F)C1=O. The van der Waals surface area contributed by atoms with Gasteiger partial charge in [0, 0.05) is 18.8 Å². The summed E-state index contributed by atoms with van der Waals surface area (Å²) in [6.45, 7) is 1.27. The van der Waals surface area contributed by atoms with Gasteiger partial charge < -0.3 is 15.0 Å². The Hall–Kier alpha value is -1.83. The van der Waals surface area contributed by atoms with Gasteiger partial charge in [0.1, 0.15) is 6.04 Å². The molecule has 0 aromatic heterocycles. The number of amides is 2. The van der Waals surface area contributed by atoms with E-state index < -0.39 is 29.5 Å². The summed E-state index contributed by atoms with van der Waals surface area (Å²) in [5.74, 6) is -2.20. The molecule has 0 spiro atoms. The van der Waals surface area contributed by atoms with Crippen molar-refractivity contribution < 1.29 is 23.1 Å². The van der Waals surface area contributed by atoms with Gasteiger partial charge in [-0.2, -0.15) is 16.2 Å². The van der Waals surface area contributed by atoms with Crippen LogP contribution in [0.15, 0.2) is 18.2 Å². The van der Waals surface area contributed by atoms with E-state index in [-0.39, 0.29) is 5.91 Å². The zero-order chi connectivity index (χ0) is 17.5. The Morgan fingerprint density at radius 3 is 2.96 bits per heavy atom. The average molecular weight is 358 g/mol. The van der Waals surface area contributed by atoms with Crippen LogP contribution in [0.4, 0.5) is 13.6 Å². The lowest BCUT2D eigenvalue weighted by atomic mass is 10.1. The number of hydrogen-bond acceptors (Lipinski definition) is 4. The Morgan fingerprint density at radius 2 is 2.21 bits per heavy atom. The number of ether oxygens (including phenoxy) is 1. The molecular weight excluding hydrogens is 338 g/mol. The third-order valence-corrected chi connectivity index (χ3v) is 4.35. The molecule has 132 valence electrons. The minimum absolute atomic E-state index is 0.168. The number of thioether (sulfide) groups is 1. The van der Waals surface area contributed by atoms with Crippen LogP contribution in [0.5, 0.6) is 5.75 Å². The second-order valence-corrected chi connectivity index (χ2v) is 6.44. The molecule has 1 heterocycles. The van der Waals surface area contributed by atoms with Crippen molar-refractivity contribution in [2.24, 2.45) is 0 Å². The number of nitrogens with zero attached hydrogens (tertiary/aromatic N) is 1. The van der Waals surface area contributed by atoms with Crippen LogP contribution in [0, 0.1) is 11.6 Å².